The minimum absolute atomic E-state index is 0.0860. The monoisotopic (exact) mass is 336 g/mol. The number of H-pyrrole nitrogens is 1. The smallest absolute Gasteiger partial charge is 0.210 e. The van der Waals surface area contributed by atoms with Gasteiger partial charge in [-0.05, 0) is 25.5 Å². The molecule has 0 fully saturated rings. The van der Waals surface area contributed by atoms with Crippen LogP contribution < -0.4 is 4.74 Å². The molecule has 0 saturated heterocycles. The molecular formula is C20H20N2O3. The number of fused-ring (bicyclic) bond motifs is 2. The molecule has 128 valence electrons. The Bertz CT molecular complexity index is 962. The number of aromatic nitrogens is 1. The normalized spacial score (nSPS) is 22.4. The molecule has 0 unspecified atom stereocenters. The molecule has 2 atom stereocenters. The number of para-hydroxylation sites is 2. The number of aryl methyl sites for hydroxylation is 1. The molecule has 25 heavy (non-hydrogen) atoms. The molecule has 1 aromatic heterocycles. The molecule has 0 bridgehead atoms. The number of nitro groups is 1. The fourth-order valence-corrected chi connectivity index (χ4v) is 4.03. The lowest BCUT2D eigenvalue weighted by Gasteiger charge is -2.39. The molecule has 0 spiro atoms. The van der Waals surface area contributed by atoms with E-state index in [2.05, 4.69) is 24.0 Å². The highest BCUT2D eigenvalue weighted by atomic mass is 16.6. The third kappa shape index (κ3) is 2.56. The molecule has 5 nitrogen and oxygen atoms in total. The van der Waals surface area contributed by atoms with Crippen LogP contribution in [0.3, 0.4) is 0 Å². The van der Waals surface area contributed by atoms with Gasteiger partial charge in [0.25, 0.3) is 0 Å². The highest BCUT2D eigenvalue weighted by Gasteiger charge is 2.41. The summed E-state index contributed by atoms with van der Waals surface area (Å²) < 4.78 is 6.38. The average molecular weight is 336 g/mol. The van der Waals surface area contributed by atoms with Crippen LogP contribution in [-0.4, -0.2) is 16.5 Å². The molecule has 1 N–H and O–H groups in total. The summed E-state index contributed by atoms with van der Waals surface area (Å²) in [5.74, 6) is 0.574. The van der Waals surface area contributed by atoms with Gasteiger partial charge >= 0.3 is 0 Å². The Morgan fingerprint density at radius 2 is 2.08 bits per heavy atom. The van der Waals surface area contributed by atoms with Gasteiger partial charge in [0.2, 0.25) is 6.54 Å². The van der Waals surface area contributed by atoms with Crippen LogP contribution in [0.15, 0.2) is 48.7 Å². The Morgan fingerprint density at radius 3 is 2.88 bits per heavy atom. The third-order valence-electron chi connectivity index (χ3n) is 5.19. The van der Waals surface area contributed by atoms with Crippen molar-refractivity contribution in [2.45, 2.75) is 31.8 Å². The minimum Gasteiger partial charge on any atom is -0.482 e. The molecular weight excluding hydrogens is 316 g/mol. The van der Waals surface area contributed by atoms with Gasteiger partial charge in [-0.15, -0.1) is 0 Å². The first-order valence-corrected chi connectivity index (χ1v) is 8.45. The van der Waals surface area contributed by atoms with Crippen LogP contribution in [-0.2, 0) is 5.60 Å². The van der Waals surface area contributed by atoms with E-state index < -0.39 is 5.60 Å². The van der Waals surface area contributed by atoms with Crippen molar-refractivity contribution in [3.8, 4) is 5.75 Å². The van der Waals surface area contributed by atoms with Crippen molar-refractivity contribution in [1.29, 1.82) is 0 Å². The number of benzene rings is 2. The predicted molar refractivity (Wildman–Crippen MR) is 96.7 cm³/mol. The largest absolute Gasteiger partial charge is 0.482 e. The van der Waals surface area contributed by atoms with Gasteiger partial charge in [-0.3, -0.25) is 10.1 Å². The van der Waals surface area contributed by atoms with Gasteiger partial charge in [-0.2, -0.15) is 0 Å². The molecule has 2 aromatic carbocycles. The Kier molecular flexibility index (Phi) is 3.53. The maximum Gasteiger partial charge on any atom is 0.210 e. The summed E-state index contributed by atoms with van der Waals surface area (Å²) in [5.41, 5.74) is 3.63. The fraction of sp³-hybridized carbons (Fsp3) is 0.300. The Balaban J connectivity index is 1.84. The van der Waals surface area contributed by atoms with Gasteiger partial charge in [-0.1, -0.05) is 36.4 Å². The SMILES string of the molecule is Cc1cccc2c([C@@]3(C)C[C@H](C[N+](=O)[O-])c4ccccc4O3)c[nH]c12. The van der Waals surface area contributed by atoms with Crippen molar-refractivity contribution in [3.05, 3.63) is 75.5 Å². The molecule has 0 amide bonds. The molecule has 0 aliphatic carbocycles. The van der Waals surface area contributed by atoms with E-state index in [1.165, 1.54) is 5.56 Å². The van der Waals surface area contributed by atoms with E-state index >= 15 is 0 Å². The molecule has 5 heteroatoms. The molecule has 4 rings (SSSR count). The summed E-state index contributed by atoms with van der Waals surface area (Å²) in [6, 6.07) is 13.8. The number of ether oxygens (including phenoxy) is 1. The number of hydrogen-bond donors (Lipinski definition) is 1. The summed E-state index contributed by atoms with van der Waals surface area (Å²) in [4.78, 5) is 14.3. The lowest BCUT2D eigenvalue weighted by Crippen LogP contribution is -2.37. The maximum atomic E-state index is 11.2. The molecule has 3 aromatic rings. The molecule has 0 saturated carbocycles. The summed E-state index contributed by atoms with van der Waals surface area (Å²) in [6.07, 6.45) is 2.56. The lowest BCUT2D eigenvalue weighted by atomic mass is 9.79. The molecule has 1 aliphatic heterocycles. The van der Waals surface area contributed by atoms with Gasteiger partial charge in [0.1, 0.15) is 11.4 Å². The van der Waals surface area contributed by atoms with E-state index in [9.17, 15) is 10.1 Å². The van der Waals surface area contributed by atoms with Gasteiger partial charge in [0.05, 0.1) is 5.92 Å². The van der Waals surface area contributed by atoms with Crippen LogP contribution in [0.2, 0.25) is 0 Å². The Hall–Kier alpha value is -2.82. The van der Waals surface area contributed by atoms with Crippen molar-refractivity contribution in [3.63, 3.8) is 0 Å². The minimum atomic E-state index is -0.610. The van der Waals surface area contributed by atoms with Gasteiger partial charge < -0.3 is 9.72 Å². The molecule has 2 heterocycles. The summed E-state index contributed by atoms with van der Waals surface area (Å²) in [7, 11) is 0. The second-order valence-corrected chi connectivity index (χ2v) is 6.99. The van der Waals surface area contributed by atoms with Gasteiger partial charge in [0.15, 0.2) is 0 Å². The van der Waals surface area contributed by atoms with E-state index in [1.807, 2.05) is 43.5 Å². The Morgan fingerprint density at radius 1 is 1.28 bits per heavy atom. The zero-order valence-corrected chi connectivity index (χ0v) is 14.3. The first-order chi connectivity index (χ1) is 12.0. The van der Waals surface area contributed by atoms with Crippen LogP contribution in [0.4, 0.5) is 0 Å². The number of hydrogen-bond acceptors (Lipinski definition) is 3. The number of aromatic amines is 1. The van der Waals surface area contributed by atoms with Crippen LogP contribution in [0, 0.1) is 17.0 Å². The highest BCUT2D eigenvalue weighted by molar-refractivity contribution is 5.86. The first kappa shape index (κ1) is 15.7. The van der Waals surface area contributed by atoms with Gasteiger partial charge in [0, 0.05) is 39.6 Å². The average Bonchev–Trinajstić information content (AvgIpc) is 3.00. The van der Waals surface area contributed by atoms with Crippen LogP contribution in [0.1, 0.15) is 36.0 Å². The highest BCUT2D eigenvalue weighted by Crippen LogP contribution is 2.47. The number of rotatable bonds is 3. The van der Waals surface area contributed by atoms with Crippen molar-refractivity contribution in [1.82, 2.24) is 4.98 Å². The Labute approximate surface area is 145 Å². The quantitative estimate of drug-likeness (QED) is 0.564. The van der Waals surface area contributed by atoms with E-state index in [4.69, 9.17) is 4.74 Å². The van der Waals surface area contributed by atoms with E-state index in [-0.39, 0.29) is 17.4 Å². The van der Waals surface area contributed by atoms with Crippen molar-refractivity contribution in [2.75, 3.05) is 6.54 Å². The van der Waals surface area contributed by atoms with Crippen molar-refractivity contribution in [2.24, 2.45) is 0 Å². The zero-order chi connectivity index (χ0) is 17.6. The fourth-order valence-electron chi connectivity index (χ4n) is 4.03. The molecule has 1 aliphatic rings. The standard InChI is InChI=1S/C20H20N2O3/c1-13-6-5-8-16-17(11-21-19(13)16)20(2)10-14(12-22(23)24)15-7-3-4-9-18(15)25-20/h3-9,11,14,21H,10,12H2,1-2H3/t14-,20-/m1/s1. The van der Waals surface area contributed by atoms with Crippen LogP contribution in [0.5, 0.6) is 5.75 Å². The zero-order valence-electron chi connectivity index (χ0n) is 14.3. The first-order valence-electron chi connectivity index (χ1n) is 8.45. The summed E-state index contributed by atoms with van der Waals surface area (Å²) in [6.45, 7) is 4.01. The molecule has 0 radical (unpaired) electrons. The third-order valence-corrected chi connectivity index (χ3v) is 5.19. The lowest BCUT2D eigenvalue weighted by molar-refractivity contribution is -0.484. The van der Waals surface area contributed by atoms with Crippen molar-refractivity contribution < 1.29 is 9.66 Å². The maximum absolute atomic E-state index is 11.2. The van der Waals surface area contributed by atoms with Crippen LogP contribution >= 0.6 is 0 Å². The van der Waals surface area contributed by atoms with Crippen molar-refractivity contribution >= 4 is 10.9 Å². The predicted octanol–water partition coefficient (Wildman–Crippen LogP) is 4.53. The van der Waals surface area contributed by atoms with E-state index in [1.54, 1.807) is 0 Å². The van der Waals surface area contributed by atoms with Gasteiger partial charge in [-0.25, -0.2) is 0 Å². The van der Waals surface area contributed by atoms with E-state index in [0.717, 1.165) is 27.8 Å². The number of nitrogens with zero attached hydrogens (tertiary/aromatic N) is 1. The van der Waals surface area contributed by atoms with E-state index in [0.29, 0.717) is 6.42 Å². The summed E-state index contributed by atoms with van der Waals surface area (Å²) in [5, 5.41) is 12.3. The second-order valence-electron chi connectivity index (χ2n) is 6.99. The summed E-state index contributed by atoms with van der Waals surface area (Å²) >= 11 is 0. The second kappa shape index (κ2) is 5.62. The topological polar surface area (TPSA) is 68.2 Å². The van der Waals surface area contributed by atoms with Crippen LogP contribution in [0.25, 0.3) is 10.9 Å². The number of nitrogens with one attached hydrogen (secondary N) is 1.